The van der Waals surface area contributed by atoms with Crippen LogP contribution in [0.5, 0.6) is 5.88 Å². The van der Waals surface area contributed by atoms with Gasteiger partial charge in [0.1, 0.15) is 16.5 Å². The van der Waals surface area contributed by atoms with Gasteiger partial charge in [0.25, 0.3) is 15.9 Å². The van der Waals surface area contributed by atoms with Gasteiger partial charge in [-0.1, -0.05) is 20.8 Å². The number of anilines is 2. The van der Waals surface area contributed by atoms with Crippen LogP contribution in [0.15, 0.2) is 41.4 Å². The average molecular weight is 542 g/mol. The van der Waals surface area contributed by atoms with E-state index in [0.717, 1.165) is 12.1 Å². The molecule has 0 aromatic carbocycles. The molecule has 1 aliphatic heterocycles. The highest BCUT2D eigenvalue weighted by Crippen LogP contribution is 2.38. The van der Waals surface area contributed by atoms with Crippen LogP contribution in [-0.2, 0) is 10.0 Å². The van der Waals surface area contributed by atoms with E-state index in [4.69, 9.17) is 15.5 Å². The summed E-state index contributed by atoms with van der Waals surface area (Å²) in [7, 11) is -4.26. The van der Waals surface area contributed by atoms with Crippen molar-refractivity contribution in [3.63, 3.8) is 0 Å². The van der Waals surface area contributed by atoms with Gasteiger partial charge < -0.3 is 15.4 Å². The van der Waals surface area contributed by atoms with Crippen molar-refractivity contribution < 1.29 is 17.9 Å². The molecule has 1 saturated heterocycles. The Kier molecular flexibility index (Phi) is 7.37. The molecule has 1 aliphatic rings. The SMILES string of the molecule is Cc1cc(OCC(C)C)nn1-c1ccc(C(=O)NS(=O)(=O)c2cccnc2N)c(N2C[C@@H](C)CC2(C)C)n1. The van der Waals surface area contributed by atoms with Crippen molar-refractivity contribution in [2.45, 2.75) is 58.4 Å². The van der Waals surface area contributed by atoms with Crippen LogP contribution in [0.3, 0.4) is 0 Å². The topological polar surface area (TPSA) is 145 Å². The molecule has 0 aliphatic carbocycles. The van der Waals surface area contributed by atoms with Gasteiger partial charge in [0, 0.05) is 30.0 Å². The number of sulfonamides is 1. The summed E-state index contributed by atoms with van der Waals surface area (Å²) in [6, 6.07) is 7.78. The normalized spacial score (nSPS) is 17.1. The molecule has 0 spiro atoms. The summed E-state index contributed by atoms with van der Waals surface area (Å²) in [5, 5.41) is 4.55. The van der Waals surface area contributed by atoms with Crippen molar-refractivity contribution in [1.29, 1.82) is 0 Å². The highest BCUT2D eigenvalue weighted by Gasteiger charge is 2.39. The molecule has 4 rings (SSSR count). The second kappa shape index (κ2) is 10.2. The molecule has 204 valence electrons. The fraction of sp³-hybridized carbons (Fsp3) is 0.462. The quantitative estimate of drug-likeness (QED) is 0.438. The lowest BCUT2D eigenvalue weighted by Gasteiger charge is -2.34. The van der Waals surface area contributed by atoms with E-state index in [1.165, 1.54) is 18.3 Å². The molecule has 38 heavy (non-hydrogen) atoms. The lowest BCUT2D eigenvalue weighted by molar-refractivity contribution is 0.0981. The smallest absolute Gasteiger partial charge is 0.268 e. The van der Waals surface area contributed by atoms with Crippen molar-refractivity contribution in [3.8, 4) is 11.7 Å². The number of aryl methyl sites for hydroxylation is 1. The number of nitrogens with two attached hydrogens (primary N) is 1. The standard InChI is InChI=1S/C26H35N7O4S/c1-16(2)15-37-22-12-18(4)33(30-22)21-10-9-19(24(29-21)32-14-17(3)13-26(32,5)6)25(34)31-38(35,36)20-8-7-11-28-23(20)27/h7-12,16-17H,13-15H2,1-6H3,(H2,27,28)(H,31,34)/t17-/m0/s1. The molecule has 11 nitrogen and oxygen atoms in total. The monoisotopic (exact) mass is 541 g/mol. The van der Waals surface area contributed by atoms with Gasteiger partial charge in [-0.3, -0.25) is 4.79 Å². The zero-order valence-corrected chi connectivity index (χ0v) is 23.4. The highest BCUT2D eigenvalue weighted by atomic mass is 32.2. The fourth-order valence-electron chi connectivity index (χ4n) is 4.76. The molecule has 3 aromatic heterocycles. The summed E-state index contributed by atoms with van der Waals surface area (Å²) in [4.78, 5) is 23.9. The number of carbonyl (C=O) groups excluding carboxylic acids is 1. The van der Waals surface area contributed by atoms with Gasteiger partial charge in [-0.2, -0.15) is 0 Å². The van der Waals surface area contributed by atoms with Crippen LogP contribution in [0.2, 0.25) is 0 Å². The molecule has 1 amide bonds. The number of pyridine rings is 2. The third kappa shape index (κ3) is 5.59. The van der Waals surface area contributed by atoms with Crippen LogP contribution in [0.4, 0.5) is 11.6 Å². The van der Waals surface area contributed by atoms with E-state index in [1.54, 1.807) is 16.8 Å². The first-order chi connectivity index (χ1) is 17.8. The number of hydrogen-bond acceptors (Lipinski definition) is 9. The van der Waals surface area contributed by atoms with E-state index in [1.807, 2.05) is 13.0 Å². The first kappa shape index (κ1) is 27.4. The number of carbonyl (C=O) groups is 1. The van der Waals surface area contributed by atoms with E-state index < -0.39 is 15.9 Å². The first-order valence-corrected chi connectivity index (χ1v) is 14.0. The number of nitrogens with zero attached hydrogens (tertiary/aromatic N) is 5. The van der Waals surface area contributed by atoms with E-state index in [9.17, 15) is 13.2 Å². The molecule has 0 saturated carbocycles. The van der Waals surface area contributed by atoms with Crippen molar-refractivity contribution in [2.75, 3.05) is 23.8 Å². The van der Waals surface area contributed by atoms with Crippen molar-refractivity contribution in [1.82, 2.24) is 24.5 Å². The minimum absolute atomic E-state index is 0.128. The molecule has 3 aromatic rings. The minimum Gasteiger partial charge on any atom is -0.476 e. The van der Waals surface area contributed by atoms with E-state index >= 15 is 0 Å². The van der Waals surface area contributed by atoms with Gasteiger partial charge in [-0.25, -0.2) is 27.8 Å². The second-order valence-electron chi connectivity index (χ2n) is 10.8. The van der Waals surface area contributed by atoms with Crippen LogP contribution in [0.25, 0.3) is 5.82 Å². The summed E-state index contributed by atoms with van der Waals surface area (Å²) in [5.41, 5.74) is 6.39. The average Bonchev–Trinajstić information content (AvgIpc) is 3.34. The molecule has 0 unspecified atom stereocenters. The van der Waals surface area contributed by atoms with Crippen molar-refractivity contribution >= 4 is 27.6 Å². The summed E-state index contributed by atoms with van der Waals surface area (Å²) in [5.74, 6) is 1.05. The summed E-state index contributed by atoms with van der Waals surface area (Å²) in [6.45, 7) is 13.5. The Bertz CT molecular complexity index is 1450. The van der Waals surface area contributed by atoms with E-state index in [2.05, 4.69) is 54.3 Å². The summed E-state index contributed by atoms with van der Waals surface area (Å²) in [6.07, 6.45) is 2.27. The van der Waals surface area contributed by atoms with Crippen LogP contribution in [0, 0.1) is 18.8 Å². The summed E-state index contributed by atoms with van der Waals surface area (Å²) >= 11 is 0. The lowest BCUT2D eigenvalue weighted by Crippen LogP contribution is -2.41. The molecule has 0 bridgehead atoms. The molecule has 3 N–H and O–H groups in total. The van der Waals surface area contributed by atoms with Gasteiger partial charge in [0.15, 0.2) is 5.82 Å². The Morgan fingerprint density at radius 2 is 2.03 bits per heavy atom. The van der Waals surface area contributed by atoms with Gasteiger partial charge in [0.2, 0.25) is 5.88 Å². The molecular formula is C26H35N7O4S. The summed E-state index contributed by atoms with van der Waals surface area (Å²) < 4.78 is 35.5. The molecular weight excluding hydrogens is 506 g/mol. The Balaban J connectivity index is 1.75. The molecule has 0 radical (unpaired) electrons. The van der Waals surface area contributed by atoms with Gasteiger partial charge in [-0.15, -0.1) is 5.10 Å². The Morgan fingerprint density at radius 1 is 1.29 bits per heavy atom. The zero-order chi connectivity index (χ0) is 27.8. The first-order valence-electron chi connectivity index (χ1n) is 12.5. The Morgan fingerprint density at radius 3 is 2.66 bits per heavy atom. The number of nitrogen functional groups attached to an aromatic ring is 1. The van der Waals surface area contributed by atoms with Crippen LogP contribution in [0.1, 0.15) is 57.1 Å². The predicted octanol–water partition coefficient (Wildman–Crippen LogP) is 3.33. The predicted molar refractivity (Wildman–Crippen MR) is 145 cm³/mol. The number of hydrogen-bond donors (Lipinski definition) is 2. The molecule has 4 heterocycles. The number of nitrogens with one attached hydrogen (secondary N) is 1. The Labute approximate surface area is 223 Å². The third-order valence-corrected chi connectivity index (χ3v) is 7.77. The maximum atomic E-state index is 13.4. The third-order valence-electron chi connectivity index (χ3n) is 6.40. The Hall–Kier alpha value is -3.67. The largest absolute Gasteiger partial charge is 0.476 e. The second-order valence-corrected chi connectivity index (χ2v) is 12.5. The maximum absolute atomic E-state index is 13.4. The zero-order valence-electron chi connectivity index (χ0n) is 22.6. The molecule has 1 fully saturated rings. The van der Waals surface area contributed by atoms with E-state index in [0.29, 0.717) is 42.5 Å². The van der Waals surface area contributed by atoms with Crippen molar-refractivity contribution in [2.24, 2.45) is 11.8 Å². The van der Waals surface area contributed by atoms with E-state index in [-0.39, 0.29) is 21.8 Å². The van der Waals surface area contributed by atoms with Crippen molar-refractivity contribution in [3.05, 3.63) is 47.8 Å². The van der Waals surface area contributed by atoms with Crippen LogP contribution >= 0.6 is 0 Å². The highest BCUT2D eigenvalue weighted by molar-refractivity contribution is 7.90. The van der Waals surface area contributed by atoms with Crippen LogP contribution < -0.4 is 20.1 Å². The lowest BCUT2D eigenvalue weighted by atomic mass is 9.97. The van der Waals surface area contributed by atoms with Crippen LogP contribution in [-0.4, -0.2) is 52.8 Å². The van der Waals surface area contributed by atoms with Gasteiger partial charge in [0.05, 0.1) is 12.2 Å². The molecule has 12 heteroatoms. The minimum atomic E-state index is -4.26. The van der Waals surface area contributed by atoms with Gasteiger partial charge in [-0.05, 0) is 63.3 Å². The fourth-order valence-corrected chi connectivity index (χ4v) is 5.81. The number of rotatable bonds is 8. The number of amides is 1. The maximum Gasteiger partial charge on any atom is 0.268 e. The van der Waals surface area contributed by atoms with Gasteiger partial charge >= 0.3 is 0 Å². The number of aromatic nitrogens is 4. The number of ether oxygens (including phenoxy) is 1. The molecule has 1 atom stereocenters.